The molecular weight excluding hydrogens is 254 g/mol. The number of carbonyl (C=O) groups excluding carboxylic acids is 1. The Morgan fingerprint density at radius 2 is 2.25 bits per heavy atom. The molecule has 0 radical (unpaired) electrons. The standard InChI is InChI=1S/C15H23N3O2/c1-12-5-4-9-18(13(12)11-16)15(20)7-10-17-8-3-2-6-14(17)19/h2-3,6,8,12-13H,4-5,7,9-11,16H2,1H3/t12-,13+/m1/s1. The van der Waals surface area contributed by atoms with Crippen LogP contribution in [-0.4, -0.2) is 34.5 Å². The molecule has 0 bridgehead atoms. The van der Waals surface area contributed by atoms with Crippen LogP contribution in [0.25, 0.3) is 0 Å². The van der Waals surface area contributed by atoms with Crippen molar-refractivity contribution >= 4 is 5.91 Å². The number of carbonyl (C=O) groups is 1. The number of rotatable bonds is 4. The van der Waals surface area contributed by atoms with E-state index in [1.807, 2.05) is 4.90 Å². The first-order valence-electron chi connectivity index (χ1n) is 7.28. The van der Waals surface area contributed by atoms with E-state index in [9.17, 15) is 9.59 Å². The zero-order valence-electron chi connectivity index (χ0n) is 12.0. The molecule has 1 aromatic heterocycles. The highest BCUT2D eigenvalue weighted by molar-refractivity contribution is 5.76. The van der Waals surface area contributed by atoms with Gasteiger partial charge in [-0.25, -0.2) is 0 Å². The number of pyridine rings is 1. The molecule has 5 heteroatoms. The van der Waals surface area contributed by atoms with Crippen LogP contribution in [0.15, 0.2) is 29.2 Å². The Labute approximate surface area is 119 Å². The van der Waals surface area contributed by atoms with Gasteiger partial charge in [-0.05, 0) is 24.8 Å². The van der Waals surface area contributed by atoms with E-state index in [1.165, 1.54) is 6.07 Å². The fraction of sp³-hybridized carbons (Fsp3) is 0.600. The van der Waals surface area contributed by atoms with Crippen molar-refractivity contribution in [1.29, 1.82) is 0 Å². The number of likely N-dealkylation sites (tertiary alicyclic amines) is 1. The van der Waals surface area contributed by atoms with Crippen molar-refractivity contribution in [3.8, 4) is 0 Å². The van der Waals surface area contributed by atoms with Crippen LogP contribution in [0.5, 0.6) is 0 Å². The second-order valence-corrected chi connectivity index (χ2v) is 5.49. The number of hydrogen-bond acceptors (Lipinski definition) is 3. The molecule has 0 spiro atoms. The molecule has 2 heterocycles. The molecule has 5 nitrogen and oxygen atoms in total. The Morgan fingerprint density at radius 1 is 1.45 bits per heavy atom. The van der Waals surface area contributed by atoms with Crippen molar-refractivity contribution in [3.05, 3.63) is 34.7 Å². The molecule has 2 atom stereocenters. The van der Waals surface area contributed by atoms with E-state index >= 15 is 0 Å². The number of nitrogens with two attached hydrogens (primary N) is 1. The Kier molecular flexibility index (Phi) is 4.95. The highest BCUT2D eigenvalue weighted by Gasteiger charge is 2.30. The number of nitrogens with zero attached hydrogens (tertiary/aromatic N) is 2. The van der Waals surface area contributed by atoms with E-state index in [-0.39, 0.29) is 17.5 Å². The normalized spacial score (nSPS) is 22.8. The first-order valence-corrected chi connectivity index (χ1v) is 7.28. The number of aryl methyl sites for hydroxylation is 1. The zero-order chi connectivity index (χ0) is 14.5. The van der Waals surface area contributed by atoms with E-state index < -0.39 is 0 Å². The van der Waals surface area contributed by atoms with Gasteiger partial charge in [0.15, 0.2) is 0 Å². The summed E-state index contributed by atoms with van der Waals surface area (Å²) in [5.41, 5.74) is 5.74. The van der Waals surface area contributed by atoms with Crippen molar-refractivity contribution in [2.24, 2.45) is 11.7 Å². The van der Waals surface area contributed by atoms with Crippen LogP contribution in [0.3, 0.4) is 0 Å². The first kappa shape index (κ1) is 14.8. The smallest absolute Gasteiger partial charge is 0.250 e. The van der Waals surface area contributed by atoms with Crippen molar-refractivity contribution in [3.63, 3.8) is 0 Å². The highest BCUT2D eigenvalue weighted by atomic mass is 16.2. The summed E-state index contributed by atoms with van der Waals surface area (Å²) in [6, 6.07) is 5.16. The van der Waals surface area contributed by atoms with E-state index in [1.54, 1.807) is 22.9 Å². The molecule has 0 aromatic carbocycles. The summed E-state index contributed by atoms with van der Waals surface area (Å²) in [7, 11) is 0. The number of amides is 1. The molecule has 110 valence electrons. The first-order chi connectivity index (χ1) is 9.63. The fourth-order valence-electron chi connectivity index (χ4n) is 2.92. The Hall–Kier alpha value is -1.62. The zero-order valence-corrected chi connectivity index (χ0v) is 12.0. The minimum atomic E-state index is -0.0670. The van der Waals surface area contributed by atoms with Crippen LogP contribution in [0.1, 0.15) is 26.2 Å². The van der Waals surface area contributed by atoms with Gasteiger partial charge >= 0.3 is 0 Å². The molecule has 1 saturated heterocycles. The van der Waals surface area contributed by atoms with Gasteiger partial charge in [-0.2, -0.15) is 0 Å². The Morgan fingerprint density at radius 3 is 2.95 bits per heavy atom. The van der Waals surface area contributed by atoms with Crippen LogP contribution in [0.4, 0.5) is 0 Å². The molecule has 2 N–H and O–H groups in total. The predicted octanol–water partition coefficient (Wildman–Crippen LogP) is 0.824. The van der Waals surface area contributed by atoms with Gasteiger partial charge in [0, 0.05) is 44.4 Å². The second-order valence-electron chi connectivity index (χ2n) is 5.49. The third-order valence-corrected chi connectivity index (χ3v) is 4.14. The lowest BCUT2D eigenvalue weighted by molar-refractivity contribution is -0.136. The van der Waals surface area contributed by atoms with Crippen LogP contribution in [-0.2, 0) is 11.3 Å². The predicted molar refractivity (Wildman–Crippen MR) is 78.3 cm³/mol. The quantitative estimate of drug-likeness (QED) is 0.886. The van der Waals surface area contributed by atoms with Gasteiger partial charge in [-0.15, -0.1) is 0 Å². The minimum Gasteiger partial charge on any atom is -0.338 e. The number of piperidine rings is 1. The molecular formula is C15H23N3O2. The van der Waals surface area contributed by atoms with E-state index in [0.717, 1.165) is 19.4 Å². The van der Waals surface area contributed by atoms with E-state index in [2.05, 4.69) is 6.92 Å². The maximum Gasteiger partial charge on any atom is 0.250 e. The van der Waals surface area contributed by atoms with Gasteiger partial charge < -0.3 is 15.2 Å². The van der Waals surface area contributed by atoms with Crippen molar-refractivity contribution in [1.82, 2.24) is 9.47 Å². The summed E-state index contributed by atoms with van der Waals surface area (Å²) in [5.74, 6) is 0.555. The van der Waals surface area contributed by atoms with E-state index in [4.69, 9.17) is 5.73 Å². The van der Waals surface area contributed by atoms with Gasteiger partial charge in [0.1, 0.15) is 0 Å². The van der Waals surface area contributed by atoms with Gasteiger partial charge in [0.05, 0.1) is 0 Å². The average molecular weight is 277 g/mol. The molecule has 1 aliphatic rings. The fourth-order valence-corrected chi connectivity index (χ4v) is 2.92. The van der Waals surface area contributed by atoms with Gasteiger partial charge in [-0.1, -0.05) is 13.0 Å². The molecule has 1 aliphatic heterocycles. The van der Waals surface area contributed by atoms with Crippen LogP contribution >= 0.6 is 0 Å². The maximum atomic E-state index is 12.4. The van der Waals surface area contributed by atoms with Gasteiger partial charge in [0.25, 0.3) is 5.56 Å². The Bertz CT molecular complexity index is 512. The minimum absolute atomic E-state index is 0.0670. The third kappa shape index (κ3) is 3.28. The number of aromatic nitrogens is 1. The molecule has 2 rings (SSSR count). The lowest BCUT2D eigenvalue weighted by Gasteiger charge is -2.39. The molecule has 0 unspecified atom stereocenters. The van der Waals surface area contributed by atoms with Crippen molar-refractivity contribution in [2.75, 3.05) is 13.1 Å². The molecule has 0 saturated carbocycles. The molecule has 1 fully saturated rings. The van der Waals surface area contributed by atoms with Crippen molar-refractivity contribution < 1.29 is 4.79 Å². The summed E-state index contributed by atoms with van der Waals surface area (Å²) in [6.07, 6.45) is 4.24. The molecule has 20 heavy (non-hydrogen) atoms. The van der Waals surface area contributed by atoms with E-state index in [0.29, 0.717) is 25.4 Å². The van der Waals surface area contributed by atoms with Gasteiger partial charge in [0.2, 0.25) is 5.91 Å². The maximum absolute atomic E-state index is 12.4. The summed E-state index contributed by atoms with van der Waals surface area (Å²) < 4.78 is 1.57. The summed E-state index contributed by atoms with van der Waals surface area (Å²) in [6.45, 7) is 3.88. The molecule has 1 amide bonds. The summed E-state index contributed by atoms with van der Waals surface area (Å²) in [5, 5.41) is 0. The summed E-state index contributed by atoms with van der Waals surface area (Å²) >= 11 is 0. The topological polar surface area (TPSA) is 68.3 Å². The highest BCUT2D eigenvalue weighted by Crippen LogP contribution is 2.23. The van der Waals surface area contributed by atoms with Gasteiger partial charge in [-0.3, -0.25) is 9.59 Å². The second kappa shape index (κ2) is 6.70. The van der Waals surface area contributed by atoms with Crippen LogP contribution < -0.4 is 11.3 Å². The largest absolute Gasteiger partial charge is 0.338 e. The third-order valence-electron chi connectivity index (χ3n) is 4.14. The number of hydrogen-bond donors (Lipinski definition) is 1. The summed E-state index contributed by atoms with van der Waals surface area (Å²) in [4.78, 5) is 25.9. The SMILES string of the molecule is C[C@@H]1CCCN(C(=O)CCn2ccccc2=O)[C@H]1CN. The lowest BCUT2D eigenvalue weighted by atomic mass is 9.90. The average Bonchev–Trinajstić information content (AvgIpc) is 2.46. The lowest BCUT2D eigenvalue weighted by Crippen LogP contribution is -2.51. The molecule has 1 aromatic rings. The monoisotopic (exact) mass is 277 g/mol. The molecule has 0 aliphatic carbocycles. The van der Waals surface area contributed by atoms with Crippen molar-refractivity contribution in [2.45, 2.75) is 38.8 Å². The Balaban J connectivity index is 1.97. The van der Waals surface area contributed by atoms with Crippen LogP contribution in [0, 0.1) is 5.92 Å². The van der Waals surface area contributed by atoms with Crippen LogP contribution in [0.2, 0.25) is 0 Å².